The molecule has 2 saturated carbocycles. The van der Waals surface area contributed by atoms with E-state index in [4.69, 9.17) is 9.98 Å². The Morgan fingerprint density at radius 2 is 1.11 bits per heavy atom. The standard InChI is InChI=1S/C32H59N3/c1-20-15-21(2)30(22(3)16-20)34-24(5)29-14-12-13-28(35-29)23(4)33-27-18-25(31(6,7)8)17-26(19-27)32(9,10)11/h20-22,25-30,35H,12-19H2,1-11H3. The third-order valence-electron chi connectivity index (χ3n) is 9.98. The Balaban J connectivity index is 1.70. The van der Waals surface area contributed by atoms with E-state index >= 15 is 0 Å². The van der Waals surface area contributed by atoms with Crippen LogP contribution in [0.25, 0.3) is 0 Å². The van der Waals surface area contributed by atoms with Crippen LogP contribution in [-0.4, -0.2) is 35.6 Å². The fraction of sp³-hybridized carbons (Fsp3) is 0.938. The van der Waals surface area contributed by atoms with E-state index in [-0.39, 0.29) is 0 Å². The van der Waals surface area contributed by atoms with Crippen molar-refractivity contribution in [1.82, 2.24) is 5.32 Å². The van der Waals surface area contributed by atoms with Gasteiger partial charge in [-0.2, -0.15) is 0 Å². The van der Waals surface area contributed by atoms with Crippen LogP contribution in [-0.2, 0) is 0 Å². The molecule has 0 radical (unpaired) electrons. The zero-order valence-corrected chi connectivity index (χ0v) is 25.2. The van der Waals surface area contributed by atoms with E-state index in [1.807, 2.05) is 0 Å². The third kappa shape index (κ3) is 7.65. The minimum Gasteiger partial charge on any atom is -0.301 e. The van der Waals surface area contributed by atoms with Crippen molar-refractivity contribution in [3.05, 3.63) is 0 Å². The van der Waals surface area contributed by atoms with E-state index in [9.17, 15) is 0 Å². The smallest absolute Gasteiger partial charge is 0.0550 e. The van der Waals surface area contributed by atoms with Gasteiger partial charge in [0.15, 0.2) is 0 Å². The van der Waals surface area contributed by atoms with E-state index < -0.39 is 0 Å². The van der Waals surface area contributed by atoms with E-state index in [2.05, 4.69) is 81.5 Å². The Bertz CT molecular complexity index is 718. The molecular formula is C32H59N3. The Morgan fingerprint density at radius 1 is 0.657 bits per heavy atom. The summed E-state index contributed by atoms with van der Waals surface area (Å²) >= 11 is 0. The Hall–Kier alpha value is -0.700. The van der Waals surface area contributed by atoms with Gasteiger partial charge in [-0.3, -0.25) is 9.98 Å². The highest BCUT2D eigenvalue weighted by atomic mass is 15.0. The van der Waals surface area contributed by atoms with Crippen LogP contribution in [0.4, 0.5) is 0 Å². The molecule has 0 bridgehead atoms. The molecule has 1 N–H and O–H groups in total. The molecule has 0 aromatic heterocycles. The van der Waals surface area contributed by atoms with Crippen LogP contribution in [0, 0.1) is 40.4 Å². The zero-order chi connectivity index (χ0) is 26.1. The second-order valence-electron chi connectivity index (χ2n) is 15.3. The van der Waals surface area contributed by atoms with Gasteiger partial charge in [0.05, 0.1) is 12.1 Å². The molecule has 3 rings (SSSR count). The van der Waals surface area contributed by atoms with Crippen molar-refractivity contribution in [2.75, 3.05) is 0 Å². The predicted octanol–water partition coefficient (Wildman–Crippen LogP) is 8.37. The molecule has 6 atom stereocenters. The van der Waals surface area contributed by atoms with Gasteiger partial charge in [0.25, 0.3) is 0 Å². The molecule has 0 amide bonds. The molecular weight excluding hydrogens is 426 g/mol. The maximum Gasteiger partial charge on any atom is 0.0550 e. The van der Waals surface area contributed by atoms with Gasteiger partial charge in [-0.05, 0) is 106 Å². The first-order chi connectivity index (χ1) is 16.1. The lowest BCUT2D eigenvalue weighted by Crippen LogP contribution is -2.50. The van der Waals surface area contributed by atoms with Gasteiger partial charge in [0.2, 0.25) is 0 Å². The van der Waals surface area contributed by atoms with E-state index in [0.717, 1.165) is 17.8 Å². The summed E-state index contributed by atoms with van der Waals surface area (Å²) in [6.07, 6.45) is 10.2. The Labute approximate surface area is 218 Å². The summed E-state index contributed by atoms with van der Waals surface area (Å²) in [6.45, 7) is 26.4. The zero-order valence-electron chi connectivity index (χ0n) is 25.2. The maximum absolute atomic E-state index is 5.44. The molecule has 3 aliphatic rings. The van der Waals surface area contributed by atoms with Crippen LogP contribution in [0.5, 0.6) is 0 Å². The van der Waals surface area contributed by atoms with Gasteiger partial charge < -0.3 is 5.32 Å². The van der Waals surface area contributed by atoms with E-state index in [0.29, 0.717) is 46.8 Å². The topological polar surface area (TPSA) is 36.8 Å². The summed E-state index contributed by atoms with van der Waals surface area (Å²) in [5, 5.41) is 3.99. The highest BCUT2D eigenvalue weighted by molar-refractivity contribution is 5.91. The van der Waals surface area contributed by atoms with Crippen molar-refractivity contribution in [2.45, 2.75) is 152 Å². The average Bonchev–Trinajstić information content (AvgIpc) is 2.74. The third-order valence-corrected chi connectivity index (χ3v) is 9.98. The highest BCUT2D eigenvalue weighted by Gasteiger charge is 2.40. The van der Waals surface area contributed by atoms with E-state index in [1.54, 1.807) is 0 Å². The lowest BCUT2D eigenvalue weighted by molar-refractivity contribution is 0.0721. The van der Waals surface area contributed by atoms with Crippen molar-refractivity contribution in [2.24, 2.45) is 50.4 Å². The van der Waals surface area contributed by atoms with Crippen LogP contribution >= 0.6 is 0 Å². The summed E-state index contributed by atoms with van der Waals surface area (Å²) in [5.74, 6) is 3.75. The summed E-state index contributed by atoms with van der Waals surface area (Å²) in [6, 6.07) is 1.78. The summed E-state index contributed by atoms with van der Waals surface area (Å²) in [4.78, 5) is 10.8. The van der Waals surface area contributed by atoms with Gasteiger partial charge >= 0.3 is 0 Å². The largest absolute Gasteiger partial charge is 0.301 e. The number of nitrogens with zero attached hydrogens (tertiary/aromatic N) is 2. The second kappa shape index (κ2) is 11.4. The minimum atomic E-state index is 0.360. The van der Waals surface area contributed by atoms with Gasteiger partial charge in [-0.1, -0.05) is 62.3 Å². The first-order valence-corrected chi connectivity index (χ1v) is 15.0. The number of piperidine rings is 1. The molecule has 202 valence electrons. The SMILES string of the molecule is CC(=NC1CC(C(C)(C)C)CC(C(C)(C)C)C1)C1CCCC(C(C)=NC2C(C)CC(C)CC2C)N1. The molecule has 6 unspecified atom stereocenters. The van der Waals surface area contributed by atoms with Crippen molar-refractivity contribution in [3.8, 4) is 0 Å². The quantitative estimate of drug-likeness (QED) is 0.399. The monoisotopic (exact) mass is 485 g/mol. The number of hydrogen-bond acceptors (Lipinski definition) is 3. The summed E-state index contributed by atoms with van der Waals surface area (Å²) in [5.41, 5.74) is 3.39. The lowest BCUT2D eigenvalue weighted by Gasteiger charge is -2.45. The van der Waals surface area contributed by atoms with Crippen LogP contribution in [0.3, 0.4) is 0 Å². The van der Waals surface area contributed by atoms with Gasteiger partial charge in [0, 0.05) is 23.5 Å². The number of nitrogens with one attached hydrogen (secondary N) is 1. The summed E-state index contributed by atoms with van der Waals surface area (Å²) in [7, 11) is 0. The van der Waals surface area contributed by atoms with Crippen molar-refractivity contribution in [3.63, 3.8) is 0 Å². The minimum absolute atomic E-state index is 0.360. The molecule has 0 aromatic rings. The van der Waals surface area contributed by atoms with Gasteiger partial charge in [-0.15, -0.1) is 0 Å². The fourth-order valence-corrected chi connectivity index (χ4v) is 7.57. The molecule has 0 aromatic carbocycles. The van der Waals surface area contributed by atoms with Crippen molar-refractivity contribution < 1.29 is 0 Å². The van der Waals surface area contributed by atoms with Gasteiger partial charge in [-0.25, -0.2) is 0 Å². The molecule has 1 aliphatic heterocycles. The maximum atomic E-state index is 5.44. The fourth-order valence-electron chi connectivity index (χ4n) is 7.57. The van der Waals surface area contributed by atoms with Gasteiger partial charge in [0.1, 0.15) is 0 Å². The Morgan fingerprint density at radius 3 is 1.57 bits per heavy atom. The molecule has 35 heavy (non-hydrogen) atoms. The van der Waals surface area contributed by atoms with Crippen molar-refractivity contribution >= 4 is 11.4 Å². The number of hydrogen-bond donors (Lipinski definition) is 1. The van der Waals surface area contributed by atoms with Crippen molar-refractivity contribution in [1.29, 1.82) is 0 Å². The lowest BCUT2D eigenvalue weighted by atomic mass is 9.62. The number of aliphatic imine (C=N–C) groups is 2. The van der Waals surface area contributed by atoms with Crippen LogP contribution < -0.4 is 5.32 Å². The molecule has 3 heteroatoms. The first kappa shape index (κ1) is 28.9. The van der Waals surface area contributed by atoms with Crippen LogP contribution in [0.2, 0.25) is 0 Å². The van der Waals surface area contributed by atoms with Crippen LogP contribution in [0.15, 0.2) is 9.98 Å². The predicted molar refractivity (Wildman–Crippen MR) is 155 cm³/mol. The average molecular weight is 486 g/mol. The molecule has 0 spiro atoms. The molecule has 2 aliphatic carbocycles. The summed E-state index contributed by atoms with van der Waals surface area (Å²) < 4.78 is 0. The molecule has 1 saturated heterocycles. The normalized spacial score (nSPS) is 40.6. The second-order valence-corrected chi connectivity index (χ2v) is 15.3. The number of rotatable bonds is 4. The molecule has 1 heterocycles. The first-order valence-electron chi connectivity index (χ1n) is 15.0. The molecule has 3 fully saturated rings. The highest BCUT2D eigenvalue weighted by Crippen LogP contribution is 2.47. The Kier molecular flexibility index (Phi) is 9.37. The van der Waals surface area contributed by atoms with E-state index in [1.165, 1.54) is 62.8 Å². The molecule has 3 nitrogen and oxygen atoms in total. The van der Waals surface area contributed by atoms with Crippen LogP contribution in [0.1, 0.15) is 128 Å².